The minimum atomic E-state index is -0.635. The number of benzene rings is 1. The smallest absolute Gasteiger partial charge is 0.161 e. The highest BCUT2D eigenvalue weighted by molar-refractivity contribution is 5.48. The van der Waals surface area contributed by atoms with Crippen LogP contribution in [0.5, 0.6) is 11.5 Å². The van der Waals surface area contributed by atoms with Crippen molar-refractivity contribution < 1.29 is 9.47 Å². The second-order valence-corrected chi connectivity index (χ2v) is 4.87. The lowest BCUT2D eigenvalue weighted by Gasteiger charge is -2.26. The number of nitrogens with zero attached hydrogens (tertiary/aromatic N) is 1. The summed E-state index contributed by atoms with van der Waals surface area (Å²) in [6.45, 7) is 5.60. The molecular formula is C14H20N2O2. The first-order chi connectivity index (χ1) is 8.37. The number of aryl methyl sites for hydroxylation is 1. The second kappa shape index (κ2) is 5.28. The molecule has 0 fully saturated rings. The third-order valence-electron chi connectivity index (χ3n) is 3.17. The third kappa shape index (κ3) is 2.57. The van der Waals surface area contributed by atoms with Gasteiger partial charge in [0.05, 0.1) is 25.7 Å². The maximum Gasteiger partial charge on any atom is 0.161 e. The van der Waals surface area contributed by atoms with Gasteiger partial charge in [-0.15, -0.1) is 0 Å². The summed E-state index contributed by atoms with van der Waals surface area (Å²) in [7, 11) is 3.17. The van der Waals surface area contributed by atoms with Crippen LogP contribution in [0.25, 0.3) is 0 Å². The number of rotatable bonds is 4. The van der Waals surface area contributed by atoms with E-state index in [1.807, 2.05) is 32.9 Å². The van der Waals surface area contributed by atoms with Gasteiger partial charge in [0.25, 0.3) is 0 Å². The van der Waals surface area contributed by atoms with Crippen LogP contribution in [0.1, 0.15) is 31.0 Å². The Bertz CT molecular complexity index is 475. The van der Waals surface area contributed by atoms with E-state index in [-0.39, 0.29) is 6.04 Å². The molecule has 4 nitrogen and oxygen atoms in total. The summed E-state index contributed by atoms with van der Waals surface area (Å²) in [4.78, 5) is 0. The largest absolute Gasteiger partial charge is 0.493 e. The van der Waals surface area contributed by atoms with Gasteiger partial charge in [0, 0.05) is 6.04 Å². The average Bonchev–Trinajstić information content (AvgIpc) is 2.37. The molecule has 2 N–H and O–H groups in total. The van der Waals surface area contributed by atoms with Gasteiger partial charge in [0.1, 0.15) is 0 Å². The van der Waals surface area contributed by atoms with Crippen LogP contribution < -0.4 is 15.2 Å². The zero-order chi connectivity index (χ0) is 13.9. The van der Waals surface area contributed by atoms with Crippen molar-refractivity contribution in [1.82, 2.24) is 0 Å². The lowest BCUT2D eigenvalue weighted by Crippen LogP contribution is -2.28. The maximum atomic E-state index is 9.16. The molecule has 0 bridgehead atoms. The molecule has 1 rings (SSSR count). The predicted octanol–water partition coefficient (Wildman–Crippen LogP) is 2.56. The van der Waals surface area contributed by atoms with Crippen LogP contribution in [0, 0.1) is 23.7 Å². The SMILES string of the molecule is COc1cc(C)c(C(N)C(C)(C)C#N)cc1OC. The number of nitrogens with two attached hydrogens (primary N) is 1. The van der Waals surface area contributed by atoms with Crippen molar-refractivity contribution in [3.05, 3.63) is 23.3 Å². The van der Waals surface area contributed by atoms with Gasteiger partial charge in [-0.3, -0.25) is 0 Å². The van der Waals surface area contributed by atoms with E-state index in [4.69, 9.17) is 20.5 Å². The summed E-state index contributed by atoms with van der Waals surface area (Å²) in [5, 5.41) is 9.16. The Kier molecular flexibility index (Phi) is 4.20. The molecule has 0 saturated heterocycles. The topological polar surface area (TPSA) is 68.3 Å². The molecule has 4 heteroatoms. The average molecular weight is 248 g/mol. The fourth-order valence-corrected chi connectivity index (χ4v) is 1.79. The van der Waals surface area contributed by atoms with Crippen LogP contribution in [0.15, 0.2) is 12.1 Å². The Hall–Kier alpha value is -1.73. The summed E-state index contributed by atoms with van der Waals surface area (Å²) in [6, 6.07) is 5.58. The highest BCUT2D eigenvalue weighted by atomic mass is 16.5. The summed E-state index contributed by atoms with van der Waals surface area (Å²) < 4.78 is 10.5. The predicted molar refractivity (Wildman–Crippen MR) is 70.6 cm³/mol. The summed E-state index contributed by atoms with van der Waals surface area (Å²) in [5.74, 6) is 1.29. The van der Waals surface area contributed by atoms with Gasteiger partial charge in [-0.1, -0.05) is 0 Å². The first-order valence-electron chi connectivity index (χ1n) is 5.76. The van der Waals surface area contributed by atoms with Crippen LogP contribution in [-0.2, 0) is 0 Å². The quantitative estimate of drug-likeness (QED) is 0.889. The van der Waals surface area contributed by atoms with E-state index in [1.165, 1.54) is 0 Å². The number of ether oxygens (including phenoxy) is 2. The summed E-state index contributed by atoms with van der Waals surface area (Å²) >= 11 is 0. The molecule has 0 amide bonds. The van der Waals surface area contributed by atoms with Crippen molar-refractivity contribution in [2.45, 2.75) is 26.8 Å². The number of hydrogen-bond acceptors (Lipinski definition) is 4. The third-order valence-corrected chi connectivity index (χ3v) is 3.17. The van der Waals surface area contributed by atoms with Crippen LogP contribution in [-0.4, -0.2) is 14.2 Å². The van der Waals surface area contributed by atoms with E-state index >= 15 is 0 Å². The number of nitriles is 1. The lowest BCUT2D eigenvalue weighted by atomic mass is 9.81. The normalized spacial score (nSPS) is 12.7. The van der Waals surface area contributed by atoms with E-state index in [9.17, 15) is 0 Å². The molecule has 98 valence electrons. The molecule has 18 heavy (non-hydrogen) atoms. The van der Waals surface area contributed by atoms with Crippen molar-refractivity contribution in [3.8, 4) is 17.6 Å². The van der Waals surface area contributed by atoms with Crippen LogP contribution in [0.2, 0.25) is 0 Å². The monoisotopic (exact) mass is 248 g/mol. The Morgan fingerprint density at radius 2 is 1.72 bits per heavy atom. The van der Waals surface area contributed by atoms with Gasteiger partial charge in [0.2, 0.25) is 0 Å². The van der Waals surface area contributed by atoms with Crippen molar-refractivity contribution in [2.75, 3.05) is 14.2 Å². The molecule has 0 aromatic heterocycles. The minimum absolute atomic E-state index is 0.373. The number of methoxy groups -OCH3 is 2. The van der Waals surface area contributed by atoms with Gasteiger partial charge >= 0.3 is 0 Å². The standard InChI is InChI=1S/C14H20N2O2/c1-9-6-11(17-4)12(18-5)7-10(9)13(16)14(2,3)8-15/h6-7,13H,16H2,1-5H3. The van der Waals surface area contributed by atoms with Crippen molar-refractivity contribution in [3.63, 3.8) is 0 Å². The van der Waals surface area contributed by atoms with Crippen molar-refractivity contribution >= 4 is 0 Å². The Morgan fingerprint density at radius 1 is 1.22 bits per heavy atom. The molecule has 0 aliphatic rings. The van der Waals surface area contributed by atoms with Gasteiger partial charge in [-0.25, -0.2) is 0 Å². The highest BCUT2D eigenvalue weighted by Crippen LogP contribution is 2.37. The molecule has 1 aromatic carbocycles. The fourth-order valence-electron chi connectivity index (χ4n) is 1.79. The highest BCUT2D eigenvalue weighted by Gasteiger charge is 2.29. The lowest BCUT2D eigenvalue weighted by molar-refractivity contribution is 0.350. The maximum absolute atomic E-state index is 9.16. The summed E-state index contributed by atoms with van der Waals surface area (Å²) in [5.41, 5.74) is 7.44. The van der Waals surface area contributed by atoms with Gasteiger partial charge < -0.3 is 15.2 Å². The molecule has 0 heterocycles. The molecular weight excluding hydrogens is 228 g/mol. The Balaban J connectivity index is 3.30. The number of hydrogen-bond donors (Lipinski definition) is 1. The van der Waals surface area contributed by atoms with Crippen LogP contribution in [0.4, 0.5) is 0 Å². The second-order valence-electron chi connectivity index (χ2n) is 4.87. The Labute approximate surface area is 108 Å². The Morgan fingerprint density at radius 3 is 2.17 bits per heavy atom. The molecule has 1 unspecified atom stereocenters. The van der Waals surface area contributed by atoms with Gasteiger partial charge in [-0.05, 0) is 44.0 Å². The molecule has 0 radical (unpaired) electrons. The minimum Gasteiger partial charge on any atom is -0.493 e. The molecule has 0 saturated carbocycles. The van der Waals surface area contributed by atoms with Crippen LogP contribution in [0.3, 0.4) is 0 Å². The fraction of sp³-hybridized carbons (Fsp3) is 0.500. The first-order valence-corrected chi connectivity index (χ1v) is 5.76. The van der Waals surface area contributed by atoms with Gasteiger partial charge in [0.15, 0.2) is 11.5 Å². The zero-order valence-electron chi connectivity index (χ0n) is 11.6. The van der Waals surface area contributed by atoms with Crippen LogP contribution >= 0.6 is 0 Å². The van der Waals surface area contributed by atoms with E-state index in [0.717, 1.165) is 11.1 Å². The summed E-state index contributed by atoms with van der Waals surface area (Å²) in [6.07, 6.45) is 0. The zero-order valence-corrected chi connectivity index (χ0v) is 11.6. The molecule has 1 atom stereocenters. The first kappa shape index (κ1) is 14.3. The molecule has 0 aliphatic heterocycles. The van der Waals surface area contributed by atoms with E-state index in [2.05, 4.69) is 6.07 Å². The van der Waals surface area contributed by atoms with Crippen molar-refractivity contribution in [2.24, 2.45) is 11.1 Å². The molecule has 1 aromatic rings. The molecule has 0 spiro atoms. The van der Waals surface area contributed by atoms with E-state index < -0.39 is 5.41 Å². The van der Waals surface area contributed by atoms with E-state index in [1.54, 1.807) is 14.2 Å². The van der Waals surface area contributed by atoms with E-state index in [0.29, 0.717) is 11.5 Å². The van der Waals surface area contributed by atoms with Gasteiger partial charge in [-0.2, -0.15) is 5.26 Å². The molecule has 0 aliphatic carbocycles. The van der Waals surface area contributed by atoms with Crippen molar-refractivity contribution in [1.29, 1.82) is 5.26 Å².